The first kappa shape index (κ1) is 19.6. The Hall–Kier alpha value is -4.32. The van der Waals surface area contributed by atoms with Gasteiger partial charge in [-0.3, -0.25) is 4.79 Å². The Balaban J connectivity index is 1.31. The maximum atomic E-state index is 13.0. The van der Waals surface area contributed by atoms with Gasteiger partial charge in [0.25, 0.3) is 0 Å². The van der Waals surface area contributed by atoms with E-state index in [4.69, 9.17) is 9.47 Å². The number of para-hydroxylation sites is 1. The lowest BCUT2D eigenvalue weighted by molar-refractivity contribution is 0.103. The van der Waals surface area contributed by atoms with E-state index < -0.39 is 0 Å². The molecule has 0 atom stereocenters. The molecule has 0 unspecified atom stereocenters. The lowest BCUT2D eigenvalue weighted by Gasteiger charge is -2.07. The van der Waals surface area contributed by atoms with Gasteiger partial charge in [-0.25, -0.2) is 4.98 Å². The molecule has 32 heavy (non-hydrogen) atoms. The summed E-state index contributed by atoms with van der Waals surface area (Å²) in [5.41, 5.74) is 1.96. The molecule has 2 aromatic heterocycles. The molecule has 1 N–H and O–H groups in total. The van der Waals surface area contributed by atoms with Crippen molar-refractivity contribution in [3.8, 4) is 17.2 Å². The van der Waals surface area contributed by atoms with E-state index in [0.717, 1.165) is 22.4 Å². The fraction of sp³-hybridized carbons (Fsp3) is 0.0769. The van der Waals surface area contributed by atoms with Crippen molar-refractivity contribution in [2.75, 3.05) is 6.61 Å². The van der Waals surface area contributed by atoms with Crippen LogP contribution in [0.25, 0.3) is 10.9 Å². The molecule has 0 saturated heterocycles. The summed E-state index contributed by atoms with van der Waals surface area (Å²) in [6.45, 7) is 1.21. The molecular formula is C26H21N3O3. The number of ether oxygens (including phenoxy) is 2. The average molecular weight is 423 g/mol. The highest BCUT2D eigenvalue weighted by Crippen LogP contribution is 2.28. The number of nitrogens with zero attached hydrogens (tertiary/aromatic N) is 2. The van der Waals surface area contributed by atoms with Crippen LogP contribution in [0.4, 0.5) is 0 Å². The summed E-state index contributed by atoms with van der Waals surface area (Å²) in [5.74, 6) is 2.09. The van der Waals surface area contributed by atoms with Crippen LogP contribution in [0, 0.1) is 0 Å². The van der Waals surface area contributed by atoms with Gasteiger partial charge in [-0.15, -0.1) is 0 Å². The minimum Gasteiger partial charge on any atom is -0.491 e. The van der Waals surface area contributed by atoms with E-state index in [0.29, 0.717) is 30.2 Å². The van der Waals surface area contributed by atoms with Crippen molar-refractivity contribution in [3.05, 3.63) is 109 Å². The monoisotopic (exact) mass is 423 g/mol. The zero-order chi connectivity index (χ0) is 21.8. The maximum Gasteiger partial charge on any atom is 0.209 e. The first-order chi connectivity index (χ1) is 15.8. The Morgan fingerprint density at radius 3 is 2.53 bits per heavy atom. The molecule has 0 saturated carbocycles. The number of hydrogen-bond acceptors (Lipinski definition) is 4. The van der Waals surface area contributed by atoms with Crippen LogP contribution >= 0.6 is 0 Å². The minimum atomic E-state index is -0.0863. The van der Waals surface area contributed by atoms with Gasteiger partial charge in [-0.05, 0) is 54.6 Å². The molecule has 0 radical (unpaired) electrons. The van der Waals surface area contributed by atoms with Crippen LogP contribution in [0.2, 0.25) is 0 Å². The quantitative estimate of drug-likeness (QED) is 0.336. The number of aromatic nitrogens is 3. The van der Waals surface area contributed by atoms with E-state index in [2.05, 4.69) is 9.97 Å². The van der Waals surface area contributed by atoms with Crippen LogP contribution in [-0.4, -0.2) is 26.9 Å². The predicted octanol–water partition coefficient (Wildman–Crippen LogP) is 5.47. The number of ketones is 1. The number of carbonyl (C=O) groups excluding carboxylic acids is 1. The van der Waals surface area contributed by atoms with Gasteiger partial charge >= 0.3 is 0 Å². The van der Waals surface area contributed by atoms with Crippen LogP contribution in [0.1, 0.15) is 16.1 Å². The lowest BCUT2D eigenvalue weighted by Crippen LogP contribution is -2.06. The molecule has 6 heteroatoms. The highest BCUT2D eigenvalue weighted by molar-refractivity contribution is 6.10. The number of H-pyrrole nitrogens is 1. The molecule has 5 rings (SSSR count). The van der Waals surface area contributed by atoms with Gasteiger partial charge in [-0.1, -0.05) is 24.3 Å². The standard InChI is InChI=1S/C26H21N3O3/c30-26(19-9-11-21(12-10-19)32-20-5-2-1-3-6-20)24-17-22-23(28-24)7-4-8-25(22)31-16-15-29-14-13-27-18-29/h1-14,17-18,28H,15-16H2. The Bertz CT molecular complexity index is 1320. The van der Waals surface area contributed by atoms with E-state index in [-0.39, 0.29) is 5.78 Å². The van der Waals surface area contributed by atoms with Gasteiger partial charge in [0.2, 0.25) is 5.78 Å². The smallest absolute Gasteiger partial charge is 0.209 e. The summed E-state index contributed by atoms with van der Waals surface area (Å²) in [6.07, 6.45) is 5.39. The van der Waals surface area contributed by atoms with Crippen LogP contribution in [0.3, 0.4) is 0 Å². The fourth-order valence-electron chi connectivity index (χ4n) is 3.51. The second-order valence-electron chi connectivity index (χ2n) is 7.32. The Morgan fingerprint density at radius 1 is 0.938 bits per heavy atom. The van der Waals surface area contributed by atoms with Crippen molar-refractivity contribution in [3.63, 3.8) is 0 Å². The van der Waals surface area contributed by atoms with Gasteiger partial charge < -0.3 is 19.0 Å². The molecule has 0 fully saturated rings. The zero-order valence-electron chi connectivity index (χ0n) is 17.3. The van der Waals surface area contributed by atoms with Crippen LogP contribution < -0.4 is 9.47 Å². The third-order valence-corrected chi connectivity index (χ3v) is 5.13. The van der Waals surface area contributed by atoms with Crippen molar-refractivity contribution >= 4 is 16.7 Å². The number of imidazole rings is 1. The molecule has 0 aliphatic carbocycles. The van der Waals surface area contributed by atoms with Gasteiger partial charge in [0.1, 0.15) is 23.9 Å². The molecule has 0 spiro atoms. The first-order valence-electron chi connectivity index (χ1n) is 10.3. The highest BCUT2D eigenvalue weighted by atomic mass is 16.5. The van der Waals surface area contributed by atoms with E-state index in [9.17, 15) is 4.79 Å². The molecule has 6 nitrogen and oxygen atoms in total. The molecule has 2 heterocycles. The minimum absolute atomic E-state index is 0.0863. The Kier molecular flexibility index (Phi) is 5.41. The van der Waals surface area contributed by atoms with E-state index in [1.165, 1.54) is 0 Å². The predicted molar refractivity (Wildman–Crippen MR) is 122 cm³/mol. The molecule has 5 aromatic rings. The number of carbonyl (C=O) groups is 1. The second kappa shape index (κ2) is 8.81. The van der Waals surface area contributed by atoms with Crippen molar-refractivity contribution in [2.45, 2.75) is 6.54 Å². The van der Waals surface area contributed by atoms with Crippen molar-refractivity contribution in [1.82, 2.24) is 14.5 Å². The van der Waals surface area contributed by atoms with E-state index in [1.54, 1.807) is 36.8 Å². The maximum absolute atomic E-state index is 13.0. The normalized spacial score (nSPS) is 10.9. The first-order valence-corrected chi connectivity index (χ1v) is 10.3. The number of rotatable bonds is 8. The number of fused-ring (bicyclic) bond motifs is 1. The summed E-state index contributed by atoms with van der Waals surface area (Å²) in [7, 11) is 0. The number of nitrogens with one attached hydrogen (secondary N) is 1. The van der Waals surface area contributed by atoms with Gasteiger partial charge in [-0.2, -0.15) is 0 Å². The van der Waals surface area contributed by atoms with Gasteiger partial charge in [0.05, 0.1) is 18.6 Å². The fourth-order valence-corrected chi connectivity index (χ4v) is 3.51. The van der Waals surface area contributed by atoms with E-state index in [1.807, 2.05) is 65.4 Å². The number of aromatic amines is 1. The Morgan fingerprint density at radius 2 is 1.75 bits per heavy atom. The summed E-state index contributed by atoms with van der Waals surface area (Å²) < 4.78 is 13.7. The molecule has 158 valence electrons. The van der Waals surface area contributed by atoms with Crippen molar-refractivity contribution in [1.29, 1.82) is 0 Å². The summed E-state index contributed by atoms with van der Waals surface area (Å²) in [5, 5.41) is 0.880. The van der Waals surface area contributed by atoms with Crippen molar-refractivity contribution in [2.24, 2.45) is 0 Å². The third-order valence-electron chi connectivity index (χ3n) is 5.13. The lowest BCUT2D eigenvalue weighted by atomic mass is 10.1. The van der Waals surface area contributed by atoms with Crippen molar-refractivity contribution < 1.29 is 14.3 Å². The molecule has 0 aliphatic rings. The molecule has 0 aliphatic heterocycles. The Labute approximate surface area is 185 Å². The molecule has 3 aromatic carbocycles. The van der Waals surface area contributed by atoms with Crippen LogP contribution in [-0.2, 0) is 6.54 Å². The largest absolute Gasteiger partial charge is 0.491 e. The number of hydrogen-bond donors (Lipinski definition) is 1. The average Bonchev–Trinajstić information content (AvgIpc) is 3.50. The topological polar surface area (TPSA) is 69.1 Å². The molecule has 0 bridgehead atoms. The molecule has 0 amide bonds. The molecular weight excluding hydrogens is 402 g/mol. The zero-order valence-corrected chi connectivity index (χ0v) is 17.3. The van der Waals surface area contributed by atoms with Gasteiger partial charge in [0, 0.05) is 28.9 Å². The summed E-state index contributed by atoms with van der Waals surface area (Å²) in [4.78, 5) is 20.3. The van der Waals surface area contributed by atoms with Crippen LogP contribution in [0.15, 0.2) is 97.6 Å². The van der Waals surface area contributed by atoms with Gasteiger partial charge in [0.15, 0.2) is 0 Å². The second-order valence-corrected chi connectivity index (χ2v) is 7.32. The highest BCUT2D eigenvalue weighted by Gasteiger charge is 2.14. The summed E-state index contributed by atoms with van der Waals surface area (Å²) >= 11 is 0. The third kappa shape index (κ3) is 4.25. The van der Waals surface area contributed by atoms with E-state index >= 15 is 0 Å². The van der Waals surface area contributed by atoms with Crippen LogP contribution in [0.5, 0.6) is 17.2 Å². The SMILES string of the molecule is O=C(c1ccc(Oc2ccccc2)cc1)c1cc2c(OCCn3ccnc3)cccc2[nH]1. The summed E-state index contributed by atoms with van der Waals surface area (Å²) in [6, 6.07) is 24.3. The number of benzene rings is 3.